The number of aromatic amines is 1. The first kappa shape index (κ1) is 12.9. The Morgan fingerprint density at radius 2 is 2.32 bits per heavy atom. The Hall–Kier alpha value is -1.13. The minimum Gasteiger partial charge on any atom is -0.349 e. The second-order valence-corrected chi connectivity index (χ2v) is 6.26. The molecule has 0 aromatic carbocycles. The molecule has 102 valence electrons. The van der Waals surface area contributed by atoms with Gasteiger partial charge in [0.15, 0.2) is 0 Å². The molecule has 0 saturated heterocycles. The highest BCUT2D eigenvalue weighted by molar-refractivity contribution is 7.10. The van der Waals surface area contributed by atoms with Crippen molar-refractivity contribution in [1.29, 1.82) is 0 Å². The Balaban J connectivity index is 1.59. The number of H-pyrrole nitrogens is 1. The number of nitrogens with zero attached hydrogens (tertiary/aromatic N) is 1. The largest absolute Gasteiger partial charge is 0.349 e. The molecule has 3 rings (SSSR count). The van der Waals surface area contributed by atoms with Crippen LogP contribution in [0.4, 0.5) is 0 Å². The van der Waals surface area contributed by atoms with Crippen LogP contribution in [0.1, 0.15) is 42.4 Å². The van der Waals surface area contributed by atoms with Crippen LogP contribution in [0.25, 0.3) is 0 Å². The van der Waals surface area contributed by atoms with E-state index in [1.54, 1.807) is 0 Å². The van der Waals surface area contributed by atoms with Gasteiger partial charge in [-0.05, 0) is 30.2 Å². The zero-order chi connectivity index (χ0) is 12.9. The number of hydrogen-bond acceptors (Lipinski definition) is 3. The first-order chi connectivity index (χ1) is 9.43. The molecule has 2 N–H and O–H groups in total. The lowest BCUT2D eigenvalue weighted by Crippen LogP contribution is -2.28. The average Bonchev–Trinajstić information content (AvgIpc) is 3.15. The zero-order valence-corrected chi connectivity index (χ0v) is 12.0. The number of thiophene rings is 1. The van der Waals surface area contributed by atoms with Crippen LogP contribution in [-0.4, -0.2) is 16.5 Å². The van der Waals surface area contributed by atoms with Gasteiger partial charge in [-0.15, -0.1) is 11.3 Å². The molecule has 1 fully saturated rings. The van der Waals surface area contributed by atoms with Crippen LogP contribution in [0.5, 0.6) is 0 Å². The molecule has 1 aliphatic rings. The fourth-order valence-electron chi connectivity index (χ4n) is 3.04. The number of hydrogen-bond donors (Lipinski definition) is 2. The summed E-state index contributed by atoms with van der Waals surface area (Å²) >= 11 is 1.88. The second kappa shape index (κ2) is 6.35. The summed E-state index contributed by atoms with van der Waals surface area (Å²) in [5, 5.41) is 5.94. The van der Waals surface area contributed by atoms with Crippen molar-refractivity contribution in [3.05, 3.63) is 40.6 Å². The molecule has 2 heterocycles. The number of nitrogens with one attached hydrogen (secondary N) is 2. The van der Waals surface area contributed by atoms with Gasteiger partial charge in [-0.2, -0.15) is 0 Å². The Labute approximate surface area is 118 Å². The lowest BCUT2D eigenvalue weighted by atomic mass is 9.96. The molecule has 19 heavy (non-hydrogen) atoms. The van der Waals surface area contributed by atoms with Crippen molar-refractivity contribution in [2.24, 2.45) is 5.92 Å². The fourth-order valence-corrected chi connectivity index (χ4v) is 3.93. The molecule has 0 bridgehead atoms. The van der Waals surface area contributed by atoms with E-state index in [0.717, 1.165) is 24.7 Å². The minimum atomic E-state index is 0.539. The summed E-state index contributed by atoms with van der Waals surface area (Å²) in [6, 6.07) is 4.97. The van der Waals surface area contributed by atoms with Crippen LogP contribution in [0.3, 0.4) is 0 Å². The predicted octanol–water partition coefficient (Wildman–Crippen LogP) is 3.53. The van der Waals surface area contributed by atoms with E-state index in [1.165, 1.54) is 30.6 Å². The van der Waals surface area contributed by atoms with E-state index in [1.807, 2.05) is 23.7 Å². The summed E-state index contributed by atoms with van der Waals surface area (Å²) in [5.74, 6) is 1.89. The van der Waals surface area contributed by atoms with Gasteiger partial charge >= 0.3 is 0 Å². The third-order valence-electron chi connectivity index (χ3n) is 4.00. The first-order valence-electron chi connectivity index (χ1n) is 7.18. The van der Waals surface area contributed by atoms with Crippen LogP contribution in [0.15, 0.2) is 29.9 Å². The first-order valence-corrected chi connectivity index (χ1v) is 8.06. The van der Waals surface area contributed by atoms with Gasteiger partial charge < -0.3 is 10.3 Å². The highest BCUT2D eigenvalue weighted by Gasteiger charge is 2.26. The standard InChI is InChI=1S/C15H21N3S/c1-2-5-12(4-1)15(13-6-3-11-19-13)18-8-7-14-16-9-10-17-14/h3,6,9-12,15,18H,1-2,4-5,7-8H2,(H,16,17). The maximum Gasteiger partial charge on any atom is 0.107 e. The van der Waals surface area contributed by atoms with Crippen molar-refractivity contribution < 1.29 is 0 Å². The molecular weight excluding hydrogens is 254 g/mol. The van der Waals surface area contributed by atoms with E-state index in [-0.39, 0.29) is 0 Å². The molecule has 2 aromatic heterocycles. The summed E-state index contributed by atoms with van der Waals surface area (Å²) in [4.78, 5) is 8.94. The van der Waals surface area contributed by atoms with Crippen LogP contribution in [0.2, 0.25) is 0 Å². The van der Waals surface area contributed by atoms with Gasteiger partial charge in [0, 0.05) is 36.3 Å². The Bertz CT molecular complexity index is 458. The topological polar surface area (TPSA) is 40.7 Å². The third kappa shape index (κ3) is 3.25. The number of rotatable bonds is 6. The Morgan fingerprint density at radius 3 is 3.00 bits per heavy atom. The zero-order valence-electron chi connectivity index (χ0n) is 11.1. The van der Waals surface area contributed by atoms with Gasteiger partial charge in [-0.25, -0.2) is 4.98 Å². The smallest absolute Gasteiger partial charge is 0.107 e. The van der Waals surface area contributed by atoms with Crippen molar-refractivity contribution in [3.63, 3.8) is 0 Å². The van der Waals surface area contributed by atoms with Crippen molar-refractivity contribution >= 4 is 11.3 Å². The van der Waals surface area contributed by atoms with E-state index in [2.05, 4.69) is 32.8 Å². The van der Waals surface area contributed by atoms with Crippen LogP contribution in [0, 0.1) is 5.92 Å². The Morgan fingerprint density at radius 1 is 1.42 bits per heavy atom. The van der Waals surface area contributed by atoms with Gasteiger partial charge in [0.25, 0.3) is 0 Å². The molecule has 1 saturated carbocycles. The van der Waals surface area contributed by atoms with E-state index in [0.29, 0.717) is 6.04 Å². The molecule has 0 spiro atoms. The maximum absolute atomic E-state index is 4.28. The molecule has 1 aliphatic carbocycles. The van der Waals surface area contributed by atoms with Gasteiger partial charge in [-0.3, -0.25) is 0 Å². The third-order valence-corrected chi connectivity index (χ3v) is 4.96. The highest BCUT2D eigenvalue weighted by Crippen LogP contribution is 2.37. The minimum absolute atomic E-state index is 0.539. The molecular formula is C15H21N3S. The summed E-state index contributed by atoms with van der Waals surface area (Å²) < 4.78 is 0. The SMILES string of the molecule is c1csc(C(NCCc2ncc[nH]2)C2CCCC2)c1. The molecule has 3 nitrogen and oxygen atoms in total. The molecule has 2 aromatic rings. The number of aromatic nitrogens is 2. The van der Waals surface area contributed by atoms with E-state index >= 15 is 0 Å². The highest BCUT2D eigenvalue weighted by atomic mass is 32.1. The lowest BCUT2D eigenvalue weighted by Gasteiger charge is -2.23. The van der Waals surface area contributed by atoms with Crippen LogP contribution >= 0.6 is 11.3 Å². The quantitative estimate of drug-likeness (QED) is 0.846. The Kier molecular flexibility index (Phi) is 4.30. The molecule has 0 radical (unpaired) electrons. The van der Waals surface area contributed by atoms with Gasteiger partial charge in [-0.1, -0.05) is 18.9 Å². The van der Waals surface area contributed by atoms with Gasteiger partial charge in [0.2, 0.25) is 0 Å². The molecule has 4 heteroatoms. The fraction of sp³-hybridized carbons (Fsp3) is 0.533. The van der Waals surface area contributed by atoms with Crippen molar-refractivity contribution in [2.75, 3.05) is 6.54 Å². The van der Waals surface area contributed by atoms with Crippen LogP contribution in [-0.2, 0) is 6.42 Å². The summed E-state index contributed by atoms with van der Waals surface area (Å²) in [7, 11) is 0. The van der Waals surface area contributed by atoms with Gasteiger partial charge in [0.05, 0.1) is 0 Å². The molecule has 1 atom stereocenters. The molecule has 0 amide bonds. The average molecular weight is 275 g/mol. The van der Waals surface area contributed by atoms with Crippen molar-refractivity contribution in [1.82, 2.24) is 15.3 Å². The van der Waals surface area contributed by atoms with E-state index < -0.39 is 0 Å². The van der Waals surface area contributed by atoms with E-state index in [9.17, 15) is 0 Å². The lowest BCUT2D eigenvalue weighted by molar-refractivity contribution is 0.373. The molecule has 0 aliphatic heterocycles. The van der Waals surface area contributed by atoms with E-state index in [4.69, 9.17) is 0 Å². The summed E-state index contributed by atoms with van der Waals surface area (Å²) in [6.07, 6.45) is 10.2. The van der Waals surface area contributed by atoms with Crippen molar-refractivity contribution in [3.8, 4) is 0 Å². The second-order valence-electron chi connectivity index (χ2n) is 5.28. The van der Waals surface area contributed by atoms with Crippen molar-refractivity contribution in [2.45, 2.75) is 38.1 Å². The molecule has 1 unspecified atom stereocenters. The summed E-state index contributed by atoms with van der Waals surface area (Å²) in [6.45, 7) is 0.993. The maximum atomic E-state index is 4.28. The van der Waals surface area contributed by atoms with Crippen LogP contribution < -0.4 is 5.32 Å². The summed E-state index contributed by atoms with van der Waals surface area (Å²) in [5.41, 5.74) is 0. The monoisotopic (exact) mass is 275 g/mol. The van der Waals surface area contributed by atoms with Gasteiger partial charge in [0.1, 0.15) is 5.82 Å². The normalized spacial score (nSPS) is 17.9. The predicted molar refractivity (Wildman–Crippen MR) is 79.3 cm³/mol. The number of imidazole rings is 1.